The number of ether oxygens (including phenoxy) is 2. The van der Waals surface area contributed by atoms with Crippen molar-refractivity contribution in [3.8, 4) is 0 Å². The van der Waals surface area contributed by atoms with Crippen LogP contribution in [-0.2, 0) is 49.5 Å². The van der Waals surface area contributed by atoms with E-state index in [0.29, 0.717) is 17.4 Å². The van der Waals surface area contributed by atoms with Gasteiger partial charge in [-0.25, -0.2) is 0 Å². The molecule has 2 aromatic carbocycles. The smallest absolute Gasteiger partial charge is 0.306 e. The number of nitrogens with one attached hydrogen (secondary N) is 2. The Hall–Kier alpha value is -4.55. The minimum Gasteiger partial charge on any atom is -0.460 e. The Bertz CT molecular complexity index is 1590. The first-order chi connectivity index (χ1) is 22.1. The molecule has 11 nitrogen and oxygen atoms in total. The van der Waals surface area contributed by atoms with Gasteiger partial charge in [0.25, 0.3) is 5.91 Å². The van der Waals surface area contributed by atoms with Gasteiger partial charge in [-0.05, 0) is 75.3 Å². The van der Waals surface area contributed by atoms with Crippen LogP contribution in [0.1, 0.15) is 73.5 Å². The van der Waals surface area contributed by atoms with Gasteiger partial charge in [0.15, 0.2) is 11.9 Å². The first-order valence-corrected chi connectivity index (χ1v) is 16.0. The Morgan fingerprint density at radius 1 is 0.826 bits per heavy atom. The number of carbonyl (C=O) groups excluding carboxylic acids is 3. The Morgan fingerprint density at radius 2 is 1.59 bits per heavy atom. The largest absolute Gasteiger partial charge is 0.460 e. The third-order valence-corrected chi connectivity index (χ3v) is 7.63. The second-order valence-electron chi connectivity index (χ2n) is 11.8. The molecule has 0 saturated heterocycles. The van der Waals surface area contributed by atoms with Gasteiger partial charge in [-0.1, -0.05) is 65.9 Å². The summed E-state index contributed by atoms with van der Waals surface area (Å²) in [5.74, 6) is -0.373. The van der Waals surface area contributed by atoms with Gasteiger partial charge in [0.05, 0.1) is 12.1 Å². The minimum atomic E-state index is -0.738. The zero-order valence-electron chi connectivity index (χ0n) is 26.6. The van der Waals surface area contributed by atoms with Gasteiger partial charge >= 0.3 is 5.97 Å². The van der Waals surface area contributed by atoms with E-state index in [4.69, 9.17) is 9.47 Å². The quantitative estimate of drug-likeness (QED) is 0.123. The van der Waals surface area contributed by atoms with Crippen molar-refractivity contribution in [3.05, 3.63) is 94.1 Å². The van der Waals surface area contributed by atoms with Crippen LogP contribution in [0.25, 0.3) is 0 Å². The topological polar surface area (TPSA) is 145 Å². The van der Waals surface area contributed by atoms with Gasteiger partial charge in [-0.15, -0.1) is 15.3 Å². The molecule has 2 aromatic heterocycles. The lowest BCUT2D eigenvalue weighted by molar-refractivity contribution is -0.154. The highest BCUT2D eigenvalue weighted by atomic mass is 32.1. The summed E-state index contributed by atoms with van der Waals surface area (Å²) >= 11 is 1.36. The van der Waals surface area contributed by atoms with Gasteiger partial charge in [0, 0.05) is 20.0 Å². The molecule has 0 saturated carbocycles. The van der Waals surface area contributed by atoms with E-state index in [1.807, 2.05) is 81.4 Å². The first kappa shape index (κ1) is 34.3. The van der Waals surface area contributed by atoms with Crippen LogP contribution in [0.5, 0.6) is 0 Å². The van der Waals surface area contributed by atoms with E-state index in [0.717, 1.165) is 53.1 Å². The predicted octanol–water partition coefficient (Wildman–Crippen LogP) is 5.68. The lowest BCUT2D eigenvalue weighted by Gasteiger charge is -2.19. The Balaban J connectivity index is 1.16. The van der Waals surface area contributed by atoms with E-state index in [1.165, 1.54) is 18.4 Å². The van der Waals surface area contributed by atoms with Crippen LogP contribution in [-0.4, -0.2) is 50.9 Å². The van der Waals surface area contributed by atoms with E-state index < -0.39 is 11.7 Å². The molecule has 0 bridgehead atoms. The number of benzene rings is 2. The maximum absolute atomic E-state index is 12.7. The number of amides is 2. The van der Waals surface area contributed by atoms with Crippen LogP contribution in [0.2, 0.25) is 0 Å². The number of rotatable bonds is 15. The molecule has 1 unspecified atom stereocenters. The molecule has 4 rings (SSSR count). The highest BCUT2D eigenvalue weighted by molar-refractivity contribution is 7.15. The van der Waals surface area contributed by atoms with E-state index in [2.05, 4.69) is 31.0 Å². The average Bonchev–Trinajstić information content (AvgIpc) is 3.46. The van der Waals surface area contributed by atoms with Crippen molar-refractivity contribution in [2.45, 2.75) is 77.4 Å². The summed E-state index contributed by atoms with van der Waals surface area (Å²) in [4.78, 5) is 37.3. The third-order valence-electron chi connectivity index (χ3n) is 6.73. The fourth-order valence-electron chi connectivity index (χ4n) is 4.64. The van der Waals surface area contributed by atoms with Crippen molar-refractivity contribution in [2.24, 2.45) is 0 Å². The molecule has 1 atom stereocenters. The fraction of sp³-hybridized carbons (Fsp3) is 0.382. The highest BCUT2D eigenvalue weighted by Crippen LogP contribution is 2.20. The normalized spacial score (nSPS) is 11.9. The van der Waals surface area contributed by atoms with Crippen molar-refractivity contribution in [3.63, 3.8) is 0 Å². The summed E-state index contributed by atoms with van der Waals surface area (Å²) in [5.41, 5.74) is 2.90. The van der Waals surface area contributed by atoms with Crippen molar-refractivity contribution in [1.29, 1.82) is 0 Å². The molecule has 0 spiro atoms. The van der Waals surface area contributed by atoms with Crippen LogP contribution >= 0.6 is 11.3 Å². The molecule has 0 aliphatic heterocycles. The molecule has 4 aromatic rings. The van der Waals surface area contributed by atoms with Crippen LogP contribution in [0.3, 0.4) is 0 Å². The zero-order valence-corrected chi connectivity index (χ0v) is 27.4. The summed E-state index contributed by atoms with van der Waals surface area (Å²) in [6.45, 7) is 5.54. The zero-order chi connectivity index (χ0) is 32.9. The summed E-state index contributed by atoms with van der Waals surface area (Å²) in [6.07, 6.45) is 3.47. The van der Waals surface area contributed by atoms with Gasteiger partial charge < -0.3 is 20.1 Å². The molecular formula is C34H40N6O5S. The number of aryl methyl sites for hydroxylation is 3. The summed E-state index contributed by atoms with van der Waals surface area (Å²) < 4.78 is 10.7. The van der Waals surface area contributed by atoms with Gasteiger partial charge in [0.2, 0.25) is 11.0 Å². The number of hydrogen-bond donors (Lipinski definition) is 2. The maximum atomic E-state index is 12.7. The van der Waals surface area contributed by atoms with Gasteiger partial charge in [-0.2, -0.15) is 5.10 Å². The molecule has 0 fully saturated rings. The van der Waals surface area contributed by atoms with Crippen molar-refractivity contribution < 1.29 is 23.9 Å². The Morgan fingerprint density at radius 3 is 2.30 bits per heavy atom. The van der Waals surface area contributed by atoms with Gasteiger partial charge in [0.1, 0.15) is 10.6 Å². The highest BCUT2D eigenvalue weighted by Gasteiger charge is 2.20. The molecular weight excluding hydrogens is 604 g/mol. The number of carbonyl (C=O) groups is 3. The van der Waals surface area contributed by atoms with Crippen molar-refractivity contribution >= 4 is 40.1 Å². The molecule has 2 N–H and O–H groups in total. The van der Waals surface area contributed by atoms with Crippen LogP contribution in [0, 0.1) is 0 Å². The maximum Gasteiger partial charge on any atom is 0.306 e. The summed E-state index contributed by atoms with van der Waals surface area (Å²) in [6, 6.07) is 20.5. The lowest BCUT2D eigenvalue weighted by atomic mass is 10.0. The molecule has 0 aliphatic carbocycles. The number of esters is 1. The SMILES string of the molecule is COC(C(=O)Nc1ccc(CCCCc2nnc(NC(=O)Cc3cccc(CCC(=O)OC(C)(C)C)c3)s2)nn1)c1ccccc1. The second kappa shape index (κ2) is 16.7. The molecule has 0 aliphatic rings. The second-order valence-corrected chi connectivity index (χ2v) is 12.8. The van der Waals surface area contributed by atoms with Crippen molar-refractivity contribution in [2.75, 3.05) is 17.7 Å². The van der Waals surface area contributed by atoms with E-state index in [9.17, 15) is 14.4 Å². The minimum absolute atomic E-state index is 0.178. The molecule has 2 heterocycles. The Labute approximate surface area is 273 Å². The molecule has 46 heavy (non-hydrogen) atoms. The van der Waals surface area contributed by atoms with Crippen LogP contribution in [0.4, 0.5) is 10.9 Å². The summed E-state index contributed by atoms with van der Waals surface area (Å²) in [7, 11) is 1.49. The monoisotopic (exact) mass is 644 g/mol. The van der Waals surface area contributed by atoms with Crippen LogP contribution < -0.4 is 10.6 Å². The van der Waals surface area contributed by atoms with E-state index in [1.54, 1.807) is 6.07 Å². The number of anilines is 2. The van der Waals surface area contributed by atoms with Gasteiger partial charge in [-0.3, -0.25) is 14.4 Å². The number of methoxy groups -OCH3 is 1. The lowest BCUT2D eigenvalue weighted by Crippen LogP contribution is -2.24. The summed E-state index contributed by atoms with van der Waals surface area (Å²) in [5, 5.41) is 23.6. The first-order valence-electron chi connectivity index (χ1n) is 15.2. The molecule has 0 radical (unpaired) electrons. The fourth-order valence-corrected chi connectivity index (χ4v) is 5.44. The number of unbranched alkanes of at least 4 members (excludes halogenated alkanes) is 1. The molecule has 12 heteroatoms. The number of hydrogen-bond acceptors (Lipinski definition) is 10. The van der Waals surface area contributed by atoms with Crippen molar-refractivity contribution in [1.82, 2.24) is 20.4 Å². The van der Waals surface area contributed by atoms with E-state index in [-0.39, 0.29) is 30.6 Å². The van der Waals surface area contributed by atoms with Crippen LogP contribution in [0.15, 0.2) is 66.7 Å². The average molecular weight is 645 g/mol. The Kier molecular flexibility index (Phi) is 12.4. The number of aromatic nitrogens is 4. The standard InChI is InChI=1S/C34H40N6O5S/c1-34(2,3)45-30(42)20-17-23-11-10-12-24(21-23)22-28(41)36-33-40-39-29(46-33)16-9-8-15-26-18-19-27(38-37-26)35-32(43)31(44-4)25-13-6-5-7-14-25/h5-7,10-14,18-19,21,31H,8-9,15-17,20,22H2,1-4H3,(H,35,38,43)(H,36,40,41). The predicted molar refractivity (Wildman–Crippen MR) is 176 cm³/mol. The third kappa shape index (κ3) is 11.4. The molecule has 242 valence electrons. The van der Waals surface area contributed by atoms with E-state index >= 15 is 0 Å². The molecule has 2 amide bonds. The number of nitrogens with zero attached hydrogens (tertiary/aromatic N) is 4.